The third-order valence-electron chi connectivity index (χ3n) is 4.34. The van der Waals surface area contributed by atoms with Gasteiger partial charge >= 0.3 is 0 Å². The van der Waals surface area contributed by atoms with Gasteiger partial charge in [0, 0.05) is 13.1 Å². The second kappa shape index (κ2) is 9.93. The molecule has 1 N–H and O–H groups in total. The SMILES string of the molecule is C=CCn1c(S[C@@H](C)C(=O)NCc2ccccc2)nnc1-c1ccccc1OC. The maximum Gasteiger partial charge on any atom is 0.233 e. The number of amides is 1. The number of hydrogen-bond acceptors (Lipinski definition) is 5. The van der Waals surface area contributed by atoms with Crippen molar-refractivity contribution in [3.05, 3.63) is 72.8 Å². The molecule has 0 unspecified atom stereocenters. The smallest absolute Gasteiger partial charge is 0.233 e. The maximum atomic E-state index is 12.5. The number of para-hydroxylation sites is 1. The van der Waals surface area contributed by atoms with E-state index in [0.29, 0.717) is 24.1 Å². The molecule has 1 aromatic heterocycles. The Morgan fingerprint density at radius 2 is 1.93 bits per heavy atom. The van der Waals surface area contributed by atoms with Gasteiger partial charge in [-0.1, -0.05) is 60.3 Å². The highest BCUT2D eigenvalue weighted by Crippen LogP contribution is 2.32. The van der Waals surface area contributed by atoms with Crippen LogP contribution in [0, 0.1) is 0 Å². The first-order valence-corrected chi connectivity index (χ1v) is 10.2. The minimum Gasteiger partial charge on any atom is -0.496 e. The van der Waals surface area contributed by atoms with Crippen LogP contribution in [-0.4, -0.2) is 33.0 Å². The molecule has 0 fully saturated rings. The Morgan fingerprint density at radius 3 is 2.66 bits per heavy atom. The molecule has 1 heterocycles. The lowest BCUT2D eigenvalue weighted by Gasteiger charge is -2.13. The van der Waals surface area contributed by atoms with E-state index in [2.05, 4.69) is 22.1 Å². The first kappa shape index (κ1) is 20.7. The average molecular weight is 409 g/mol. The van der Waals surface area contributed by atoms with Crippen molar-refractivity contribution in [1.29, 1.82) is 0 Å². The number of benzene rings is 2. The monoisotopic (exact) mass is 408 g/mol. The zero-order valence-corrected chi connectivity index (χ0v) is 17.4. The molecule has 0 saturated heterocycles. The number of thioether (sulfide) groups is 1. The average Bonchev–Trinajstić information content (AvgIpc) is 3.15. The lowest BCUT2D eigenvalue weighted by Crippen LogP contribution is -2.30. The lowest BCUT2D eigenvalue weighted by molar-refractivity contribution is -0.120. The standard InChI is InChI=1S/C22H24N4O2S/c1-4-14-26-20(18-12-8-9-13-19(18)28-3)24-25-22(26)29-16(2)21(27)23-15-17-10-6-5-7-11-17/h4-13,16H,1,14-15H2,2-3H3,(H,23,27)/t16-/m0/s1. The molecule has 7 heteroatoms. The van der Waals surface area contributed by atoms with Crippen molar-refractivity contribution in [3.63, 3.8) is 0 Å². The quantitative estimate of drug-likeness (QED) is 0.429. The molecule has 0 saturated carbocycles. The van der Waals surface area contributed by atoms with Gasteiger partial charge < -0.3 is 10.1 Å². The number of rotatable bonds is 9. The third kappa shape index (κ3) is 5.06. The second-order valence-electron chi connectivity index (χ2n) is 6.37. The minimum absolute atomic E-state index is 0.0501. The van der Waals surface area contributed by atoms with E-state index in [1.807, 2.05) is 66.1 Å². The van der Waals surface area contributed by atoms with Gasteiger partial charge in [0.25, 0.3) is 0 Å². The molecule has 0 bridgehead atoms. The Labute approximate surface area is 175 Å². The largest absolute Gasteiger partial charge is 0.496 e. The molecule has 1 atom stereocenters. The van der Waals surface area contributed by atoms with Crippen LogP contribution in [0.5, 0.6) is 5.75 Å². The van der Waals surface area contributed by atoms with Crippen LogP contribution in [0.2, 0.25) is 0 Å². The van der Waals surface area contributed by atoms with Crippen LogP contribution in [0.3, 0.4) is 0 Å². The van der Waals surface area contributed by atoms with Gasteiger partial charge in [-0.2, -0.15) is 0 Å². The van der Waals surface area contributed by atoms with Crippen LogP contribution in [0.15, 0.2) is 72.4 Å². The van der Waals surface area contributed by atoms with E-state index < -0.39 is 0 Å². The number of carbonyl (C=O) groups excluding carboxylic acids is 1. The van der Waals surface area contributed by atoms with Crippen LogP contribution in [-0.2, 0) is 17.9 Å². The molecular formula is C22H24N4O2S. The summed E-state index contributed by atoms with van der Waals surface area (Å²) in [7, 11) is 1.63. The third-order valence-corrected chi connectivity index (χ3v) is 5.42. The summed E-state index contributed by atoms with van der Waals surface area (Å²) in [5, 5.41) is 12.0. The van der Waals surface area contributed by atoms with Crippen LogP contribution in [0.4, 0.5) is 0 Å². The Morgan fingerprint density at radius 1 is 1.21 bits per heavy atom. The van der Waals surface area contributed by atoms with E-state index in [9.17, 15) is 4.79 Å². The number of nitrogens with zero attached hydrogens (tertiary/aromatic N) is 3. The van der Waals surface area contributed by atoms with Gasteiger partial charge in [-0.05, 0) is 24.6 Å². The molecule has 2 aromatic carbocycles. The summed E-state index contributed by atoms with van der Waals surface area (Å²) in [6, 6.07) is 17.5. The molecule has 150 valence electrons. The molecule has 0 aliphatic heterocycles. The normalized spacial score (nSPS) is 11.7. The van der Waals surface area contributed by atoms with E-state index in [-0.39, 0.29) is 11.2 Å². The van der Waals surface area contributed by atoms with E-state index in [0.717, 1.165) is 16.9 Å². The van der Waals surface area contributed by atoms with Crippen molar-refractivity contribution in [3.8, 4) is 17.1 Å². The molecule has 3 aromatic rings. The van der Waals surface area contributed by atoms with Crippen molar-refractivity contribution in [2.45, 2.75) is 30.4 Å². The maximum absolute atomic E-state index is 12.5. The Bertz CT molecular complexity index is 972. The fraction of sp³-hybridized carbons (Fsp3) is 0.227. The van der Waals surface area contributed by atoms with Crippen LogP contribution in [0.1, 0.15) is 12.5 Å². The summed E-state index contributed by atoms with van der Waals surface area (Å²) in [5.41, 5.74) is 1.91. The lowest BCUT2D eigenvalue weighted by atomic mass is 10.2. The number of methoxy groups -OCH3 is 1. The number of allylic oxidation sites excluding steroid dienone is 1. The van der Waals surface area contributed by atoms with E-state index in [1.165, 1.54) is 11.8 Å². The zero-order chi connectivity index (χ0) is 20.6. The van der Waals surface area contributed by atoms with E-state index in [1.54, 1.807) is 13.2 Å². The summed E-state index contributed by atoms with van der Waals surface area (Å²) < 4.78 is 7.40. The van der Waals surface area contributed by atoms with Crippen molar-refractivity contribution in [2.24, 2.45) is 0 Å². The molecule has 0 aliphatic carbocycles. The predicted molar refractivity (Wildman–Crippen MR) is 116 cm³/mol. The van der Waals surface area contributed by atoms with Gasteiger partial charge in [0.05, 0.1) is 17.9 Å². The van der Waals surface area contributed by atoms with Crippen molar-refractivity contribution >= 4 is 17.7 Å². The topological polar surface area (TPSA) is 69.0 Å². The van der Waals surface area contributed by atoms with E-state index >= 15 is 0 Å². The number of carbonyl (C=O) groups is 1. The van der Waals surface area contributed by atoms with Crippen molar-refractivity contribution in [1.82, 2.24) is 20.1 Å². The minimum atomic E-state index is -0.322. The first-order valence-electron chi connectivity index (χ1n) is 9.29. The van der Waals surface area contributed by atoms with Gasteiger partial charge in [0.1, 0.15) is 5.75 Å². The summed E-state index contributed by atoms with van der Waals surface area (Å²) in [6.07, 6.45) is 1.78. The second-order valence-corrected chi connectivity index (χ2v) is 7.68. The Kier molecular flexibility index (Phi) is 7.08. The van der Waals surface area contributed by atoms with Crippen molar-refractivity contribution in [2.75, 3.05) is 7.11 Å². The summed E-state index contributed by atoms with van der Waals surface area (Å²) >= 11 is 1.37. The van der Waals surface area contributed by atoms with Crippen LogP contribution >= 0.6 is 11.8 Å². The Hall–Kier alpha value is -3.06. The summed E-state index contributed by atoms with van der Waals surface area (Å²) in [4.78, 5) is 12.5. The van der Waals surface area contributed by atoms with E-state index in [4.69, 9.17) is 4.74 Å². The van der Waals surface area contributed by atoms with Crippen molar-refractivity contribution < 1.29 is 9.53 Å². The van der Waals surface area contributed by atoms with Gasteiger partial charge in [-0.25, -0.2) is 0 Å². The molecule has 0 aliphatic rings. The predicted octanol–water partition coefficient (Wildman–Crippen LogP) is 3.94. The van der Waals surface area contributed by atoms with Gasteiger partial charge in [0.15, 0.2) is 11.0 Å². The fourth-order valence-corrected chi connectivity index (χ4v) is 3.72. The molecular weight excluding hydrogens is 384 g/mol. The number of nitrogens with one attached hydrogen (secondary N) is 1. The molecule has 1 amide bonds. The highest BCUT2D eigenvalue weighted by atomic mass is 32.2. The highest BCUT2D eigenvalue weighted by molar-refractivity contribution is 8.00. The van der Waals surface area contributed by atoms with Crippen LogP contribution in [0.25, 0.3) is 11.4 Å². The molecule has 3 rings (SSSR count). The first-order chi connectivity index (χ1) is 14.1. The number of aromatic nitrogens is 3. The highest BCUT2D eigenvalue weighted by Gasteiger charge is 2.21. The van der Waals surface area contributed by atoms with Gasteiger partial charge in [-0.3, -0.25) is 9.36 Å². The molecule has 6 nitrogen and oxygen atoms in total. The fourth-order valence-electron chi connectivity index (χ4n) is 2.84. The van der Waals surface area contributed by atoms with Gasteiger partial charge in [-0.15, -0.1) is 16.8 Å². The molecule has 29 heavy (non-hydrogen) atoms. The molecule has 0 radical (unpaired) electrons. The van der Waals surface area contributed by atoms with Crippen LogP contribution < -0.4 is 10.1 Å². The summed E-state index contributed by atoms with van der Waals surface area (Å²) in [6.45, 7) is 6.72. The molecule has 0 spiro atoms. The van der Waals surface area contributed by atoms with Gasteiger partial charge in [0.2, 0.25) is 5.91 Å². The zero-order valence-electron chi connectivity index (χ0n) is 16.5. The number of ether oxygens (including phenoxy) is 1. The Balaban J connectivity index is 1.75. The number of hydrogen-bond donors (Lipinski definition) is 1. The summed E-state index contributed by atoms with van der Waals surface area (Å²) in [5.74, 6) is 1.35.